The molecule has 0 bridgehead atoms. The Morgan fingerprint density at radius 2 is 2.21 bits per heavy atom. The number of amidine groups is 1. The van der Waals surface area contributed by atoms with Gasteiger partial charge < -0.3 is 25.8 Å². The number of phenols is 1. The van der Waals surface area contributed by atoms with Crippen molar-refractivity contribution in [2.45, 2.75) is 19.3 Å². The number of pyridine rings is 1. The molecule has 4 rings (SSSR count). The third kappa shape index (κ3) is 5.59. The van der Waals surface area contributed by atoms with E-state index in [0.29, 0.717) is 17.3 Å². The van der Waals surface area contributed by atoms with Crippen molar-refractivity contribution in [2.24, 2.45) is 16.6 Å². The summed E-state index contributed by atoms with van der Waals surface area (Å²) < 4.78 is 5.14. The molecule has 2 aromatic carbocycles. The number of aromatic nitrogens is 1. The first-order chi connectivity index (χ1) is 16.0. The summed E-state index contributed by atoms with van der Waals surface area (Å²) in [5, 5.41) is 14.9. The maximum atomic E-state index is 12.5. The molecule has 1 aliphatic rings. The van der Waals surface area contributed by atoms with Gasteiger partial charge in [0.05, 0.1) is 12.8 Å². The lowest BCUT2D eigenvalue weighted by atomic mass is 9.96. The Morgan fingerprint density at radius 1 is 1.33 bits per heavy atom. The number of hydrogen-bond donors (Lipinski definition) is 3. The number of nitrogens with one attached hydrogen (secondary N) is 1. The number of phenolic OH excluding ortho intramolecular Hbond substituents is 1. The number of nitrogens with two attached hydrogens (primary N) is 1. The Hall–Kier alpha value is -3.65. The van der Waals surface area contributed by atoms with E-state index in [4.69, 9.17) is 10.5 Å². The molecule has 8 nitrogen and oxygen atoms in total. The number of anilines is 1. The quantitative estimate of drug-likeness (QED) is 0.391. The number of nitrogens with zero attached hydrogens (tertiary/aromatic N) is 3. The maximum absolute atomic E-state index is 12.5. The average Bonchev–Trinajstić information content (AvgIpc) is 2.83. The largest absolute Gasteiger partial charge is 0.508 e. The van der Waals surface area contributed by atoms with E-state index in [1.807, 2.05) is 36.4 Å². The van der Waals surface area contributed by atoms with Crippen molar-refractivity contribution in [2.75, 3.05) is 32.1 Å². The van der Waals surface area contributed by atoms with Crippen molar-refractivity contribution >= 4 is 28.3 Å². The zero-order valence-electron chi connectivity index (χ0n) is 18.7. The molecule has 0 spiro atoms. The van der Waals surface area contributed by atoms with Gasteiger partial charge in [-0.3, -0.25) is 4.98 Å². The third-order valence-electron chi connectivity index (χ3n) is 6.07. The first-order valence-corrected chi connectivity index (χ1v) is 11.1. The average molecular weight is 448 g/mol. The number of aliphatic imine (C=N–C) groups is 1. The summed E-state index contributed by atoms with van der Waals surface area (Å²) in [5.41, 5.74) is 7.80. The zero-order valence-corrected chi connectivity index (χ0v) is 18.7. The number of urea groups is 1. The lowest BCUT2D eigenvalue weighted by molar-refractivity contribution is 0.205. The number of ether oxygens (including phenoxy) is 1. The number of fused-ring (bicyclic) bond motifs is 1. The molecule has 2 amide bonds. The Bertz CT molecular complexity index is 1160. The third-order valence-corrected chi connectivity index (χ3v) is 6.07. The number of aromatic hydroxyl groups is 1. The van der Waals surface area contributed by atoms with E-state index >= 15 is 0 Å². The molecule has 2 heterocycles. The van der Waals surface area contributed by atoms with Crippen molar-refractivity contribution in [1.82, 2.24) is 9.88 Å². The van der Waals surface area contributed by atoms with Gasteiger partial charge in [0.25, 0.3) is 0 Å². The van der Waals surface area contributed by atoms with Crippen LogP contribution in [0, 0.1) is 5.92 Å². The van der Waals surface area contributed by atoms with E-state index in [9.17, 15) is 9.90 Å². The van der Waals surface area contributed by atoms with Crippen LogP contribution in [-0.2, 0) is 6.42 Å². The van der Waals surface area contributed by atoms with Crippen molar-refractivity contribution in [1.29, 1.82) is 0 Å². The number of rotatable bonds is 6. The van der Waals surface area contributed by atoms with E-state index < -0.39 is 6.03 Å². The number of benzene rings is 2. The van der Waals surface area contributed by atoms with E-state index in [1.165, 1.54) is 0 Å². The Morgan fingerprint density at radius 3 is 3.03 bits per heavy atom. The van der Waals surface area contributed by atoms with Gasteiger partial charge >= 0.3 is 6.03 Å². The number of carbonyl (C=O) groups excluding carboxylic acids is 1. The van der Waals surface area contributed by atoms with Crippen LogP contribution in [0.2, 0.25) is 0 Å². The molecular weight excluding hydrogens is 418 g/mol. The minimum Gasteiger partial charge on any atom is -0.508 e. The summed E-state index contributed by atoms with van der Waals surface area (Å²) >= 11 is 0. The number of piperidine rings is 1. The molecule has 1 saturated heterocycles. The fourth-order valence-corrected chi connectivity index (χ4v) is 4.24. The highest BCUT2D eigenvalue weighted by atomic mass is 16.5. The van der Waals surface area contributed by atoms with Gasteiger partial charge in [0.15, 0.2) is 0 Å². The second-order valence-electron chi connectivity index (χ2n) is 8.25. The molecule has 33 heavy (non-hydrogen) atoms. The van der Waals surface area contributed by atoms with Crippen LogP contribution in [0.4, 0.5) is 10.5 Å². The fourth-order valence-electron chi connectivity index (χ4n) is 4.24. The second kappa shape index (κ2) is 10.3. The molecular formula is C25H29N5O3. The SMILES string of the molecule is COc1ccc(CCN2CCCC(/C(N)=N/C(=O)Nc3cccc4cnccc34)C2)c(O)c1. The van der Waals surface area contributed by atoms with Gasteiger partial charge in [-0.1, -0.05) is 18.2 Å². The smallest absolute Gasteiger partial charge is 0.347 e. The summed E-state index contributed by atoms with van der Waals surface area (Å²) in [6.45, 7) is 2.48. The fraction of sp³-hybridized carbons (Fsp3) is 0.320. The van der Waals surface area contributed by atoms with Gasteiger partial charge in [-0.2, -0.15) is 4.99 Å². The molecule has 1 aromatic heterocycles. The van der Waals surface area contributed by atoms with Gasteiger partial charge in [-0.05, 0) is 49.6 Å². The van der Waals surface area contributed by atoms with Crippen molar-refractivity contribution < 1.29 is 14.6 Å². The first-order valence-electron chi connectivity index (χ1n) is 11.1. The Labute approximate surface area is 193 Å². The van der Waals surface area contributed by atoms with E-state index in [2.05, 4.69) is 20.2 Å². The number of hydrogen-bond acceptors (Lipinski definition) is 5. The summed E-state index contributed by atoms with van der Waals surface area (Å²) in [6, 6.07) is 12.4. The minimum atomic E-state index is -0.475. The summed E-state index contributed by atoms with van der Waals surface area (Å²) in [7, 11) is 1.58. The van der Waals surface area contributed by atoms with Gasteiger partial charge in [0.1, 0.15) is 17.3 Å². The first kappa shape index (κ1) is 22.5. The van der Waals surface area contributed by atoms with Crippen LogP contribution in [0.25, 0.3) is 10.8 Å². The minimum absolute atomic E-state index is 0.0191. The summed E-state index contributed by atoms with van der Waals surface area (Å²) in [5.74, 6) is 1.25. The van der Waals surface area contributed by atoms with Crippen LogP contribution >= 0.6 is 0 Å². The second-order valence-corrected chi connectivity index (χ2v) is 8.25. The molecule has 1 unspecified atom stereocenters. The van der Waals surface area contributed by atoms with Gasteiger partial charge in [-0.25, -0.2) is 4.79 Å². The van der Waals surface area contributed by atoms with Crippen LogP contribution in [0.3, 0.4) is 0 Å². The number of carbonyl (C=O) groups is 1. The highest BCUT2D eigenvalue weighted by molar-refractivity contribution is 6.05. The highest BCUT2D eigenvalue weighted by Gasteiger charge is 2.23. The van der Waals surface area contributed by atoms with Crippen LogP contribution in [0.1, 0.15) is 18.4 Å². The van der Waals surface area contributed by atoms with Gasteiger partial charge in [-0.15, -0.1) is 0 Å². The lowest BCUT2D eigenvalue weighted by Gasteiger charge is -2.32. The van der Waals surface area contributed by atoms with Crippen LogP contribution in [0.15, 0.2) is 59.9 Å². The van der Waals surface area contributed by atoms with Crippen molar-refractivity contribution in [3.05, 3.63) is 60.4 Å². The van der Waals surface area contributed by atoms with Crippen LogP contribution in [0.5, 0.6) is 11.5 Å². The maximum Gasteiger partial charge on any atom is 0.347 e. The number of likely N-dealkylation sites (tertiary alicyclic amines) is 1. The predicted octanol–water partition coefficient (Wildman–Crippen LogP) is 3.79. The monoisotopic (exact) mass is 447 g/mol. The highest BCUT2D eigenvalue weighted by Crippen LogP contribution is 2.25. The summed E-state index contributed by atoms with van der Waals surface area (Å²) in [6.07, 6.45) is 6.04. The summed E-state index contributed by atoms with van der Waals surface area (Å²) in [4.78, 5) is 23.1. The molecule has 3 aromatic rings. The van der Waals surface area contributed by atoms with Gasteiger partial charge in [0, 0.05) is 48.2 Å². The van der Waals surface area contributed by atoms with E-state index in [0.717, 1.165) is 55.2 Å². The molecule has 4 N–H and O–H groups in total. The molecule has 1 fully saturated rings. The molecule has 1 aliphatic heterocycles. The van der Waals surface area contributed by atoms with E-state index in [1.54, 1.807) is 25.6 Å². The molecule has 0 radical (unpaired) electrons. The Kier molecular flexibility index (Phi) is 7.04. The predicted molar refractivity (Wildman–Crippen MR) is 130 cm³/mol. The molecule has 172 valence electrons. The lowest BCUT2D eigenvalue weighted by Crippen LogP contribution is -2.42. The number of methoxy groups -OCH3 is 1. The molecule has 0 aliphatic carbocycles. The van der Waals surface area contributed by atoms with E-state index in [-0.39, 0.29) is 11.7 Å². The topological polar surface area (TPSA) is 113 Å². The zero-order chi connectivity index (χ0) is 23.2. The number of amides is 2. The van der Waals surface area contributed by atoms with Gasteiger partial charge in [0.2, 0.25) is 0 Å². The van der Waals surface area contributed by atoms with Crippen LogP contribution < -0.4 is 15.8 Å². The standard InChI is InChI=1S/C25H29N5O3/c1-33-20-8-7-17(23(31)14-20)10-13-30-12-3-5-19(16-30)24(26)29-25(32)28-22-6-2-4-18-15-27-11-9-21(18)22/h2,4,6-9,11,14-15,19,31H,3,5,10,12-13,16H2,1H3,(H3,26,28,29,32). The van der Waals surface area contributed by atoms with Crippen LogP contribution in [-0.4, -0.2) is 53.6 Å². The molecule has 8 heteroatoms. The van der Waals surface area contributed by atoms with Crippen molar-refractivity contribution in [3.63, 3.8) is 0 Å². The molecule has 0 saturated carbocycles. The normalized spacial score (nSPS) is 17.1. The van der Waals surface area contributed by atoms with Crippen molar-refractivity contribution in [3.8, 4) is 11.5 Å². The Balaban J connectivity index is 1.35. The molecule has 1 atom stereocenters.